The number of rotatable bonds is 4. The Morgan fingerprint density at radius 2 is 2.33 bits per heavy atom. The van der Waals surface area contributed by atoms with Gasteiger partial charge in [-0.25, -0.2) is 14.5 Å². The van der Waals surface area contributed by atoms with Gasteiger partial charge in [0.15, 0.2) is 5.69 Å². The summed E-state index contributed by atoms with van der Waals surface area (Å²) in [5.41, 5.74) is 1.13. The summed E-state index contributed by atoms with van der Waals surface area (Å²) in [5, 5.41) is 10.7. The number of nitrogens with zero attached hydrogens (tertiary/aromatic N) is 4. The predicted octanol–water partition coefficient (Wildman–Crippen LogP) is 1.69. The lowest BCUT2D eigenvalue weighted by molar-refractivity contribution is 0.0594. The third kappa shape index (κ3) is 2.73. The van der Waals surface area contributed by atoms with Crippen molar-refractivity contribution in [1.82, 2.24) is 20.0 Å². The first-order valence-electron chi connectivity index (χ1n) is 5.53. The van der Waals surface area contributed by atoms with Gasteiger partial charge in [0.05, 0.1) is 30.6 Å². The smallest absolute Gasteiger partial charge is 0.360 e. The highest BCUT2D eigenvalue weighted by Crippen LogP contribution is 2.19. The number of methoxy groups -OCH3 is 1. The lowest BCUT2D eigenvalue weighted by Gasteiger charge is -1.97. The average Bonchev–Trinajstić information content (AvgIpc) is 2.98. The summed E-state index contributed by atoms with van der Waals surface area (Å²) in [5.74, 6) is -0.0625. The highest BCUT2D eigenvalue weighted by atomic mass is 32.1. The molecular weight excluding hydrogens is 252 g/mol. The molecule has 2 aromatic rings. The Bertz CT molecular complexity index is 547. The van der Waals surface area contributed by atoms with E-state index in [0.717, 1.165) is 10.7 Å². The quantitative estimate of drug-likeness (QED) is 0.788. The van der Waals surface area contributed by atoms with Crippen LogP contribution in [0.2, 0.25) is 0 Å². The van der Waals surface area contributed by atoms with E-state index >= 15 is 0 Å². The first kappa shape index (κ1) is 12.7. The van der Waals surface area contributed by atoms with Crippen LogP contribution in [-0.2, 0) is 11.3 Å². The van der Waals surface area contributed by atoms with Gasteiger partial charge < -0.3 is 4.74 Å². The molecule has 18 heavy (non-hydrogen) atoms. The van der Waals surface area contributed by atoms with Gasteiger partial charge in [-0.1, -0.05) is 19.1 Å². The van der Waals surface area contributed by atoms with Gasteiger partial charge in [-0.15, -0.1) is 16.4 Å². The van der Waals surface area contributed by atoms with E-state index in [4.69, 9.17) is 0 Å². The minimum atomic E-state index is -0.484. The van der Waals surface area contributed by atoms with Crippen molar-refractivity contribution in [2.24, 2.45) is 0 Å². The molecule has 0 aliphatic rings. The molecular formula is C11H14N4O2S. The molecule has 0 unspecified atom stereocenters. The van der Waals surface area contributed by atoms with Gasteiger partial charge in [-0.05, 0) is 0 Å². The van der Waals surface area contributed by atoms with E-state index in [1.807, 2.05) is 5.38 Å². The Kier molecular flexibility index (Phi) is 3.71. The fraction of sp³-hybridized carbons (Fsp3) is 0.455. The molecule has 0 aromatic carbocycles. The average molecular weight is 266 g/mol. The van der Waals surface area contributed by atoms with Gasteiger partial charge in [0.1, 0.15) is 0 Å². The zero-order valence-electron chi connectivity index (χ0n) is 10.5. The van der Waals surface area contributed by atoms with Crippen LogP contribution in [0.15, 0.2) is 11.6 Å². The number of esters is 1. The monoisotopic (exact) mass is 266 g/mol. The summed E-state index contributed by atoms with van der Waals surface area (Å²) in [6.45, 7) is 4.72. The Morgan fingerprint density at radius 1 is 1.56 bits per heavy atom. The molecule has 7 heteroatoms. The van der Waals surface area contributed by atoms with Crippen molar-refractivity contribution in [3.63, 3.8) is 0 Å². The minimum Gasteiger partial charge on any atom is -0.464 e. The Labute approximate surface area is 109 Å². The number of carbonyl (C=O) groups excluding carboxylic acids is 1. The van der Waals surface area contributed by atoms with E-state index < -0.39 is 5.97 Å². The fourth-order valence-corrected chi connectivity index (χ4v) is 2.23. The van der Waals surface area contributed by atoms with Crippen LogP contribution in [0, 0.1) is 0 Å². The van der Waals surface area contributed by atoms with Crippen LogP contribution >= 0.6 is 11.3 Å². The van der Waals surface area contributed by atoms with Crippen LogP contribution in [0.25, 0.3) is 0 Å². The van der Waals surface area contributed by atoms with Crippen molar-refractivity contribution in [2.75, 3.05) is 7.11 Å². The number of hydrogen-bond acceptors (Lipinski definition) is 6. The predicted molar refractivity (Wildman–Crippen MR) is 66.7 cm³/mol. The van der Waals surface area contributed by atoms with E-state index in [0.29, 0.717) is 12.5 Å². The third-order valence-corrected chi connectivity index (χ3v) is 3.51. The lowest BCUT2D eigenvalue weighted by atomic mass is 10.2. The molecule has 0 radical (unpaired) electrons. The SMILES string of the molecule is COC(=O)c1cn(Cc2csc(C(C)C)n2)nn1. The fourth-order valence-electron chi connectivity index (χ4n) is 1.40. The summed E-state index contributed by atoms with van der Waals surface area (Å²) in [4.78, 5) is 15.7. The van der Waals surface area contributed by atoms with Crippen LogP contribution < -0.4 is 0 Å². The van der Waals surface area contributed by atoms with Crippen LogP contribution in [0.1, 0.15) is 41.0 Å². The normalized spacial score (nSPS) is 10.9. The van der Waals surface area contributed by atoms with E-state index in [9.17, 15) is 4.79 Å². The molecule has 2 rings (SSSR count). The molecule has 2 heterocycles. The number of aromatic nitrogens is 4. The first-order chi connectivity index (χ1) is 8.60. The standard InChI is InChI=1S/C11H14N4O2S/c1-7(2)10-12-8(6-18-10)4-15-5-9(13-14-15)11(16)17-3/h5-7H,4H2,1-3H3. The van der Waals surface area contributed by atoms with Gasteiger partial charge >= 0.3 is 5.97 Å². The van der Waals surface area contributed by atoms with Crippen molar-refractivity contribution < 1.29 is 9.53 Å². The summed E-state index contributed by atoms with van der Waals surface area (Å²) >= 11 is 1.63. The Balaban J connectivity index is 2.08. The molecule has 0 aliphatic carbocycles. The number of hydrogen-bond donors (Lipinski definition) is 0. The second-order valence-electron chi connectivity index (χ2n) is 4.12. The van der Waals surface area contributed by atoms with E-state index in [2.05, 4.69) is 33.9 Å². The lowest BCUT2D eigenvalue weighted by Crippen LogP contribution is -2.02. The zero-order valence-corrected chi connectivity index (χ0v) is 11.3. The molecule has 0 aliphatic heterocycles. The maximum absolute atomic E-state index is 11.2. The summed E-state index contributed by atoms with van der Waals surface area (Å²) < 4.78 is 6.14. The van der Waals surface area contributed by atoms with Gasteiger partial charge in [0.2, 0.25) is 0 Å². The Morgan fingerprint density at radius 3 is 2.94 bits per heavy atom. The van der Waals surface area contributed by atoms with E-state index in [1.54, 1.807) is 22.2 Å². The van der Waals surface area contributed by atoms with Gasteiger partial charge in [-0.2, -0.15) is 0 Å². The highest BCUT2D eigenvalue weighted by molar-refractivity contribution is 7.09. The van der Waals surface area contributed by atoms with Gasteiger partial charge in [0.25, 0.3) is 0 Å². The summed E-state index contributed by atoms with van der Waals surface area (Å²) in [7, 11) is 1.32. The van der Waals surface area contributed by atoms with Crippen LogP contribution in [0.5, 0.6) is 0 Å². The van der Waals surface area contributed by atoms with Crippen molar-refractivity contribution in [3.05, 3.63) is 28.0 Å². The minimum absolute atomic E-state index is 0.205. The Hall–Kier alpha value is -1.76. The molecule has 0 saturated heterocycles. The molecule has 0 atom stereocenters. The van der Waals surface area contributed by atoms with E-state index in [-0.39, 0.29) is 5.69 Å². The second-order valence-corrected chi connectivity index (χ2v) is 5.01. The van der Waals surface area contributed by atoms with Gasteiger partial charge in [0, 0.05) is 11.3 Å². The molecule has 2 aromatic heterocycles. The molecule has 0 spiro atoms. The van der Waals surface area contributed by atoms with Crippen molar-refractivity contribution in [2.45, 2.75) is 26.3 Å². The highest BCUT2D eigenvalue weighted by Gasteiger charge is 2.12. The molecule has 0 bridgehead atoms. The second kappa shape index (κ2) is 5.26. The van der Waals surface area contributed by atoms with Crippen molar-refractivity contribution in [3.8, 4) is 0 Å². The van der Waals surface area contributed by atoms with Crippen molar-refractivity contribution >= 4 is 17.3 Å². The van der Waals surface area contributed by atoms with Crippen LogP contribution in [0.4, 0.5) is 0 Å². The number of carbonyl (C=O) groups is 1. The van der Waals surface area contributed by atoms with E-state index in [1.165, 1.54) is 7.11 Å². The molecule has 6 nitrogen and oxygen atoms in total. The number of ether oxygens (including phenoxy) is 1. The molecule has 96 valence electrons. The van der Waals surface area contributed by atoms with Crippen LogP contribution in [0.3, 0.4) is 0 Å². The van der Waals surface area contributed by atoms with Gasteiger partial charge in [-0.3, -0.25) is 0 Å². The molecule has 0 fully saturated rings. The number of thiazole rings is 1. The largest absolute Gasteiger partial charge is 0.464 e. The topological polar surface area (TPSA) is 69.9 Å². The van der Waals surface area contributed by atoms with Crippen molar-refractivity contribution in [1.29, 1.82) is 0 Å². The first-order valence-corrected chi connectivity index (χ1v) is 6.41. The third-order valence-electron chi connectivity index (χ3n) is 2.32. The molecule has 0 N–H and O–H groups in total. The molecule has 0 saturated carbocycles. The molecule has 0 amide bonds. The zero-order chi connectivity index (χ0) is 13.1. The maximum Gasteiger partial charge on any atom is 0.360 e. The maximum atomic E-state index is 11.2. The summed E-state index contributed by atoms with van der Waals surface area (Å²) in [6, 6.07) is 0. The van der Waals surface area contributed by atoms with Crippen LogP contribution in [-0.4, -0.2) is 33.1 Å². The summed E-state index contributed by atoms with van der Waals surface area (Å²) in [6.07, 6.45) is 1.56.